The summed E-state index contributed by atoms with van der Waals surface area (Å²) in [5, 5.41) is 11.9. The van der Waals surface area contributed by atoms with Crippen LogP contribution in [0.3, 0.4) is 0 Å². The van der Waals surface area contributed by atoms with Gasteiger partial charge < -0.3 is 14.8 Å². The Balaban J connectivity index is 1.98. The summed E-state index contributed by atoms with van der Waals surface area (Å²) in [4.78, 5) is 12.2. The number of aryl methyl sites for hydroxylation is 1. The molecule has 1 amide bonds. The van der Waals surface area contributed by atoms with Gasteiger partial charge in [-0.1, -0.05) is 36.8 Å². The van der Waals surface area contributed by atoms with E-state index in [4.69, 9.17) is 14.7 Å². The van der Waals surface area contributed by atoms with E-state index in [9.17, 15) is 4.79 Å². The summed E-state index contributed by atoms with van der Waals surface area (Å²) in [5.74, 6) is 0.649. The maximum absolute atomic E-state index is 12.2. The number of nitrogens with zero attached hydrogens (tertiary/aromatic N) is 1. The van der Waals surface area contributed by atoms with E-state index in [2.05, 4.69) is 5.32 Å². The van der Waals surface area contributed by atoms with Crippen LogP contribution in [0.2, 0.25) is 0 Å². The first-order chi connectivity index (χ1) is 12.1. The highest BCUT2D eigenvalue weighted by molar-refractivity contribution is 5.78. The highest BCUT2D eigenvalue weighted by atomic mass is 16.5. The van der Waals surface area contributed by atoms with Gasteiger partial charge in [0, 0.05) is 6.07 Å². The van der Waals surface area contributed by atoms with Gasteiger partial charge in [-0.25, -0.2) is 0 Å². The van der Waals surface area contributed by atoms with Crippen LogP contribution in [0.5, 0.6) is 11.5 Å². The highest BCUT2D eigenvalue weighted by Crippen LogP contribution is 2.27. The minimum atomic E-state index is -0.209. The minimum Gasteiger partial charge on any atom is -0.493 e. The van der Waals surface area contributed by atoms with Crippen molar-refractivity contribution in [2.45, 2.75) is 26.3 Å². The number of rotatable bonds is 7. The van der Waals surface area contributed by atoms with Crippen molar-refractivity contribution < 1.29 is 14.3 Å². The van der Waals surface area contributed by atoms with Crippen LogP contribution in [0.1, 0.15) is 36.1 Å². The molecule has 2 aromatic rings. The highest BCUT2D eigenvalue weighted by Gasteiger charge is 2.14. The average Bonchev–Trinajstić information content (AvgIpc) is 2.65. The number of carbonyl (C=O) groups excluding carboxylic acids is 1. The van der Waals surface area contributed by atoms with Crippen LogP contribution in [-0.2, 0) is 4.79 Å². The lowest BCUT2D eigenvalue weighted by molar-refractivity contribution is -0.123. The quantitative estimate of drug-likeness (QED) is 0.838. The molecule has 0 heterocycles. The standard InChI is InChI=1S/C20H22N2O3/c1-4-17(16-8-5-14(2)6-9-16)22-20(23)13-25-18-10-7-15(12-21)11-19(18)24-3/h5-11,17H,4,13H2,1-3H3,(H,22,23). The van der Waals surface area contributed by atoms with Crippen LogP contribution < -0.4 is 14.8 Å². The molecule has 0 aliphatic heterocycles. The smallest absolute Gasteiger partial charge is 0.258 e. The Hall–Kier alpha value is -3.00. The predicted octanol–water partition coefficient (Wildman–Crippen LogP) is 3.52. The summed E-state index contributed by atoms with van der Waals surface area (Å²) >= 11 is 0. The van der Waals surface area contributed by atoms with E-state index in [0.29, 0.717) is 17.1 Å². The second-order valence-corrected chi connectivity index (χ2v) is 5.71. The van der Waals surface area contributed by atoms with Crippen molar-refractivity contribution in [1.82, 2.24) is 5.32 Å². The topological polar surface area (TPSA) is 71.3 Å². The Morgan fingerprint density at radius 2 is 1.92 bits per heavy atom. The first-order valence-electron chi connectivity index (χ1n) is 8.14. The molecular formula is C20H22N2O3. The third kappa shape index (κ3) is 4.98. The molecule has 2 rings (SSSR count). The first-order valence-corrected chi connectivity index (χ1v) is 8.14. The van der Waals surface area contributed by atoms with Crippen LogP contribution in [0.15, 0.2) is 42.5 Å². The normalized spacial score (nSPS) is 11.3. The summed E-state index contributed by atoms with van der Waals surface area (Å²) in [7, 11) is 1.49. The molecule has 0 aliphatic carbocycles. The number of methoxy groups -OCH3 is 1. The van der Waals surface area contributed by atoms with Crippen LogP contribution >= 0.6 is 0 Å². The molecule has 0 radical (unpaired) electrons. The Morgan fingerprint density at radius 3 is 2.52 bits per heavy atom. The summed E-state index contributed by atoms with van der Waals surface area (Å²) in [6, 6.07) is 14.9. The molecule has 0 spiro atoms. The van der Waals surface area contributed by atoms with Crippen molar-refractivity contribution in [3.8, 4) is 17.6 Å². The number of nitrogens with one attached hydrogen (secondary N) is 1. The maximum Gasteiger partial charge on any atom is 0.258 e. The van der Waals surface area contributed by atoms with Crippen LogP contribution in [0, 0.1) is 18.3 Å². The second kappa shape index (κ2) is 8.74. The van der Waals surface area contributed by atoms with E-state index in [1.165, 1.54) is 12.7 Å². The average molecular weight is 338 g/mol. The van der Waals surface area contributed by atoms with Gasteiger partial charge in [0.2, 0.25) is 0 Å². The largest absolute Gasteiger partial charge is 0.493 e. The molecule has 1 N–H and O–H groups in total. The van der Waals surface area contributed by atoms with Gasteiger partial charge in [0.05, 0.1) is 24.8 Å². The number of hydrogen-bond donors (Lipinski definition) is 1. The van der Waals surface area contributed by atoms with E-state index < -0.39 is 0 Å². The van der Waals surface area contributed by atoms with Gasteiger partial charge in [0.25, 0.3) is 5.91 Å². The molecule has 5 nitrogen and oxygen atoms in total. The molecule has 2 aromatic carbocycles. The number of hydrogen-bond acceptors (Lipinski definition) is 4. The molecule has 0 aliphatic rings. The number of ether oxygens (including phenoxy) is 2. The molecule has 0 aromatic heterocycles. The molecule has 130 valence electrons. The molecule has 0 saturated heterocycles. The fourth-order valence-electron chi connectivity index (χ4n) is 2.46. The molecule has 0 saturated carbocycles. The van der Waals surface area contributed by atoms with Crippen molar-refractivity contribution in [2.24, 2.45) is 0 Å². The Kier molecular flexibility index (Phi) is 6.41. The Bertz CT molecular complexity index is 764. The third-order valence-corrected chi connectivity index (χ3v) is 3.87. The van der Waals surface area contributed by atoms with Crippen LogP contribution in [-0.4, -0.2) is 19.6 Å². The summed E-state index contributed by atoms with van der Waals surface area (Å²) < 4.78 is 10.7. The van der Waals surface area contributed by atoms with Gasteiger partial charge in [-0.3, -0.25) is 4.79 Å². The molecule has 0 bridgehead atoms. The summed E-state index contributed by atoms with van der Waals surface area (Å²) in [5.41, 5.74) is 2.72. The van der Waals surface area contributed by atoms with Crippen LogP contribution in [0.4, 0.5) is 0 Å². The van der Waals surface area contributed by atoms with E-state index >= 15 is 0 Å². The van der Waals surface area contributed by atoms with Gasteiger partial charge in [-0.05, 0) is 31.0 Å². The zero-order valence-corrected chi connectivity index (χ0v) is 14.7. The SMILES string of the molecule is CCC(NC(=O)COc1ccc(C#N)cc1OC)c1ccc(C)cc1. The lowest BCUT2D eigenvalue weighted by Gasteiger charge is -2.18. The fourth-order valence-corrected chi connectivity index (χ4v) is 2.46. The van der Waals surface area contributed by atoms with Gasteiger partial charge in [-0.2, -0.15) is 5.26 Å². The number of nitriles is 1. The summed E-state index contributed by atoms with van der Waals surface area (Å²) in [6.07, 6.45) is 0.787. The van der Waals surface area contributed by atoms with E-state index in [1.807, 2.05) is 44.2 Å². The monoisotopic (exact) mass is 338 g/mol. The Labute approximate surface area is 148 Å². The molecule has 0 fully saturated rings. The Morgan fingerprint density at radius 1 is 1.20 bits per heavy atom. The van der Waals surface area contributed by atoms with Crippen molar-refractivity contribution in [1.29, 1.82) is 5.26 Å². The lowest BCUT2D eigenvalue weighted by atomic mass is 10.0. The molecule has 25 heavy (non-hydrogen) atoms. The van der Waals surface area contributed by atoms with Crippen LogP contribution in [0.25, 0.3) is 0 Å². The predicted molar refractivity (Wildman–Crippen MR) is 95.6 cm³/mol. The third-order valence-electron chi connectivity index (χ3n) is 3.87. The zero-order valence-electron chi connectivity index (χ0n) is 14.7. The van der Waals surface area contributed by atoms with Gasteiger partial charge in [0.1, 0.15) is 0 Å². The van der Waals surface area contributed by atoms with E-state index in [1.54, 1.807) is 18.2 Å². The first kappa shape index (κ1) is 18.3. The van der Waals surface area contributed by atoms with E-state index in [-0.39, 0.29) is 18.6 Å². The zero-order chi connectivity index (χ0) is 18.2. The molecule has 5 heteroatoms. The lowest BCUT2D eigenvalue weighted by Crippen LogP contribution is -2.32. The van der Waals surface area contributed by atoms with Crippen molar-refractivity contribution in [3.63, 3.8) is 0 Å². The van der Waals surface area contributed by atoms with Gasteiger partial charge in [0.15, 0.2) is 18.1 Å². The molecular weight excluding hydrogens is 316 g/mol. The van der Waals surface area contributed by atoms with Crippen molar-refractivity contribution in [3.05, 3.63) is 59.2 Å². The number of carbonyl (C=O) groups is 1. The maximum atomic E-state index is 12.2. The van der Waals surface area contributed by atoms with Gasteiger partial charge >= 0.3 is 0 Å². The minimum absolute atomic E-state index is 0.0560. The number of amides is 1. The van der Waals surface area contributed by atoms with E-state index in [0.717, 1.165) is 12.0 Å². The molecule has 1 unspecified atom stereocenters. The van der Waals surface area contributed by atoms with Crippen molar-refractivity contribution >= 4 is 5.91 Å². The van der Waals surface area contributed by atoms with Gasteiger partial charge in [-0.15, -0.1) is 0 Å². The fraction of sp³-hybridized carbons (Fsp3) is 0.300. The second-order valence-electron chi connectivity index (χ2n) is 5.71. The molecule has 1 atom stereocenters. The number of benzene rings is 2. The summed E-state index contributed by atoms with van der Waals surface area (Å²) in [6.45, 7) is 3.93. The van der Waals surface area contributed by atoms with Crippen molar-refractivity contribution in [2.75, 3.05) is 13.7 Å².